The van der Waals surface area contributed by atoms with E-state index < -0.39 is 0 Å². The first-order chi connectivity index (χ1) is 11.7. The average molecular weight is 388 g/mol. The molecule has 1 heterocycles. The molecule has 2 aromatic carbocycles. The second kappa shape index (κ2) is 7.27. The van der Waals surface area contributed by atoms with Gasteiger partial charge in [-0.05, 0) is 69.6 Å². The highest BCUT2D eigenvalue weighted by Crippen LogP contribution is 2.27. The summed E-state index contributed by atoms with van der Waals surface area (Å²) in [5.74, 6) is 0.724. The van der Waals surface area contributed by atoms with Crippen molar-refractivity contribution in [1.29, 1.82) is 0 Å². The molecule has 3 aromatic rings. The van der Waals surface area contributed by atoms with Crippen LogP contribution in [0, 0.1) is 0 Å². The van der Waals surface area contributed by atoms with Crippen LogP contribution in [0.5, 0.6) is 5.75 Å². The molecular formula is C17H14BrN3O3. The van der Waals surface area contributed by atoms with Crippen LogP contribution in [0.4, 0.5) is 5.82 Å². The lowest BCUT2D eigenvalue weighted by atomic mass is 10.1. The standard InChI is InChI=1S/C17H14BrN3O3/c1-2-23-12-9-7-11(8-10-12)15-16(21-24-20-15)19-17(22)13-5-3-4-6-14(13)18/h3-10H,2H2,1H3,(H,19,21,22). The second-order valence-corrected chi connectivity index (χ2v) is 5.71. The van der Waals surface area contributed by atoms with Crippen molar-refractivity contribution in [2.45, 2.75) is 6.92 Å². The first kappa shape index (κ1) is 16.2. The van der Waals surface area contributed by atoms with E-state index in [1.165, 1.54) is 0 Å². The molecule has 0 radical (unpaired) electrons. The Hall–Kier alpha value is -2.67. The van der Waals surface area contributed by atoms with Gasteiger partial charge in [-0.25, -0.2) is 4.63 Å². The van der Waals surface area contributed by atoms with Crippen LogP contribution in [0.25, 0.3) is 11.3 Å². The summed E-state index contributed by atoms with van der Waals surface area (Å²) >= 11 is 3.35. The van der Waals surface area contributed by atoms with E-state index in [0.717, 1.165) is 11.3 Å². The van der Waals surface area contributed by atoms with Crippen LogP contribution in [-0.4, -0.2) is 22.8 Å². The van der Waals surface area contributed by atoms with Crippen LogP contribution in [0.2, 0.25) is 0 Å². The molecule has 24 heavy (non-hydrogen) atoms. The van der Waals surface area contributed by atoms with Crippen molar-refractivity contribution < 1.29 is 14.2 Å². The number of carbonyl (C=O) groups excluding carboxylic acids is 1. The van der Waals surface area contributed by atoms with Crippen molar-refractivity contribution in [2.75, 3.05) is 11.9 Å². The maximum absolute atomic E-state index is 12.4. The molecule has 0 unspecified atom stereocenters. The van der Waals surface area contributed by atoms with Crippen LogP contribution >= 0.6 is 15.9 Å². The van der Waals surface area contributed by atoms with Gasteiger partial charge in [0, 0.05) is 10.0 Å². The minimum absolute atomic E-state index is 0.264. The lowest BCUT2D eigenvalue weighted by Gasteiger charge is -2.06. The quantitative estimate of drug-likeness (QED) is 0.711. The van der Waals surface area contributed by atoms with Crippen molar-refractivity contribution >= 4 is 27.7 Å². The van der Waals surface area contributed by atoms with Gasteiger partial charge < -0.3 is 10.1 Å². The maximum Gasteiger partial charge on any atom is 0.258 e. The Morgan fingerprint density at radius 2 is 1.92 bits per heavy atom. The topological polar surface area (TPSA) is 77.2 Å². The number of amides is 1. The van der Waals surface area contributed by atoms with Crippen molar-refractivity contribution in [3.05, 3.63) is 58.6 Å². The lowest BCUT2D eigenvalue weighted by molar-refractivity contribution is 0.102. The number of carbonyl (C=O) groups is 1. The molecule has 0 fully saturated rings. The summed E-state index contributed by atoms with van der Waals surface area (Å²) in [6.07, 6.45) is 0. The van der Waals surface area contributed by atoms with E-state index in [9.17, 15) is 4.79 Å². The minimum Gasteiger partial charge on any atom is -0.494 e. The van der Waals surface area contributed by atoms with Gasteiger partial charge in [0.2, 0.25) is 5.82 Å². The predicted molar refractivity (Wildman–Crippen MR) is 93.0 cm³/mol. The number of hydrogen-bond donors (Lipinski definition) is 1. The number of nitrogens with zero attached hydrogens (tertiary/aromatic N) is 2. The summed E-state index contributed by atoms with van der Waals surface area (Å²) in [4.78, 5) is 12.4. The zero-order valence-corrected chi connectivity index (χ0v) is 14.4. The van der Waals surface area contributed by atoms with E-state index in [-0.39, 0.29) is 11.7 Å². The molecule has 0 bridgehead atoms. The number of hydrogen-bond acceptors (Lipinski definition) is 5. The largest absolute Gasteiger partial charge is 0.494 e. The molecule has 0 aliphatic rings. The predicted octanol–water partition coefficient (Wildman–Crippen LogP) is 4.15. The van der Waals surface area contributed by atoms with E-state index in [1.54, 1.807) is 18.2 Å². The molecule has 0 saturated heterocycles. The summed E-state index contributed by atoms with van der Waals surface area (Å²) in [7, 11) is 0. The van der Waals surface area contributed by atoms with E-state index in [1.807, 2.05) is 37.3 Å². The fraction of sp³-hybridized carbons (Fsp3) is 0.118. The van der Waals surface area contributed by atoms with Gasteiger partial charge in [0.05, 0.1) is 12.2 Å². The van der Waals surface area contributed by atoms with Gasteiger partial charge in [-0.3, -0.25) is 4.79 Å². The highest BCUT2D eigenvalue weighted by molar-refractivity contribution is 9.10. The maximum atomic E-state index is 12.4. The summed E-state index contributed by atoms with van der Waals surface area (Å²) in [6, 6.07) is 14.4. The highest BCUT2D eigenvalue weighted by atomic mass is 79.9. The van der Waals surface area contributed by atoms with E-state index in [2.05, 4.69) is 31.6 Å². The molecule has 0 spiro atoms. The van der Waals surface area contributed by atoms with Gasteiger partial charge >= 0.3 is 0 Å². The number of ether oxygens (including phenoxy) is 1. The van der Waals surface area contributed by atoms with Gasteiger partial charge in [-0.15, -0.1) is 0 Å². The molecule has 0 aliphatic carbocycles. The normalized spacial score (nSPS) is 10.4. The molecule has 1 aromatic heterocycles. The van der Waals surface area contributed by atoms with Crippen LogP contribution in [0.1, 0.15) is 17.3 Å². The number of anilines is 1. The third-order valence-corrected chi connectivity index (χ3v) is 3.97. The molecule has 1 amide bonds. The summed E-state index contributed by atoms with van der Waals surface area (Å²) in [6.45, 7) is 2.52. The number of rotatable bonds is 5. The molecule has 0 atom stereocenters. The van der Waals surface area contributed by atoms with E-state index in [4.69, 9.17) is 9.37 Å². The van der Waals surface area contributed by atoms with Crippen molar-refractivity contribution in [3.8, 4) is 17.0 Å². The van der Waals surface area contributed by atoms with Crippen LogP contribution < -0.4 is 10.1 Å². The molecule has 3 rings (SSSR count). The number of nitrogens with one attached hydrogen (secondary N) is 1. The Balaban J connectivity index is 1.83. The fourth-order valence-electron chi connectivity index (χ4n) is 2.16. The number of benzene rings is 2. The van der Waals surface area contributed by atoms with Crippen molar-refractivity contribution in [1.82, 2.24) is 10.3 Å². The molecule has 6 nitrogen and oxygen atoms in total. The summed E-state index contributed by atoms with van der Waals surface area (Å²) in [5, 5.41) is 10.4. The van der Waals surface area contributed by atoms with Crippen molar-refractivity contribution in [2.24, 2.45) is 0 Å². The van der Waals surface area contributed by atoms with Gasteiger partial charge in [0.1, 0.15) is 5.75 Å². The number of halogens is 1. The zero-order valence-electron chi connectivity index (χ0n) is 12.8. The molecule has 122 valence electrons. The fourth-order valence-corrected chi connectivity index (χ4v) is 2.62. The zero-order chi connectivity index (χ0) is 16.9. The van der Waals surface area contributed by atoms with Crippen LogP contribution in [0.15, 0.2) is 57.6 Å². The number of aromatic nitrogens is 2. The Morgan fingerprint density at radius 1 is 1.17 bits per heavy atom. The third-order valence-electron chi connectivity index (χ3n) is 3.28. The molecular weight excluding hydrogens is 374 g/mol. The first-order valence-electron chi connectivity index (χ1n) is 7.30. The molecule has 7 heteroatoms. The lowest BCUT2D eigenvalue weighted by Crippen LogP contribution is -2.13. The Morgan fingerprint density at radius 3 is 2.62 bits per heavy atom. The summed E-state index contributed by atoms with van der Waals surface area (Å²) in [5.41, 5.74) is 1.72. The SMILES string of the molecule is CCOc1ccc(-c2nonc2NC(=O)c2ccccc2Br)cc1. The van der Waals surface area contributed by atoms with Gasteiger partial charge in [0.15, 0.2) is 5.69 Å². The Labute approximate surface area is 146 Å². The molecule has 0 aliphatic heterocycles. The third kappa shape index (κ3) is 3.46. The summed E-state index contributed by atoms with van der Waals surface area (Å²) < 4.78 is 10.9. The molecule has 1 N–H and O–H groups in total. The van der Waals surface area contributed by atoms with E-state index >= 15 is 0 Å². The van der Waals surface area contributed by atoms with Crippen LogP contribution in [-0.2, 0) is 0 Å². The second-order valence-electron chi connectivity index (χ2n) is 4.85. The molecule has 0 saturated carbocycles. The van der Waals surface area contributed by atoms with Gasteiger partial charge in [-0.1, -0.05) is 12.1 Å². The first-order valence-corrected chi connectivity index (χ1v) is 8.10. The Kier molecular flexibility index (Phi) is 4.90. The van der Waals surface area contributed by atoms with Gasteiger partial charge in [0.25, 0.3) is 5.91 Å². The van der Waals surface area contributed by atoms with E-state index in [0.29, 0.717) is 22.3 Å². The Bertz CT molecular complexity index is 846. The average Bonchev–Trinajstić information content (AvgIpc) is 3.04. The van der Waals surface area contributed by atoms with Crippen LogP contribution in [0.3, 0.4) is 0 Å². The van der Waals surface area contributed by atoms with Gasteiger partial charge in [-0.2, -0.15) is 0 Å². The smallest absolute Gasteiger partial charge is 0.258 e. The highest BCUT2D eigenvalue weighted by Gasteiger charge is 2.17. The van der Waals surface area contributed by atoms with Crippen molar-refractivity contribution in [3.63, 3.8) is 0 Å². The minimum atomic E-state index is -0.301. The monoisotopic (exact) mass is 387 g/mol.